The highest BCUT2D eigenvalue weighted by atomic mass is 35.5. The lowest BCUT2D eigenvalue weighted by atomic mass is 10.1. The predicted molar refractivity (Wildman–Crippen MR) is 139 cm³/mol. The maximum absolute atomic E-state index is 13.9. The van der Waals surface area contributed by atoms with Crippen molar-refractivity contribution in [3.8, 4) is 5.69 Å². The number of amides is 1. The molecule has 1 atom stereocenters. The molecule has 0 radical (unpaired) electrons. The Morgan fingerprint density at radius 1 is 1.11 bits per heavy atom. The number of anilines is 2. The molecular weight excluding hydrogens is 478 g/mol. The predicted octanol–water partition coefficient (Wildman–Crippen LogP) is 3.93. The Kier molecular flexibility index (Phi) is 5.37. The van der Waals surface area contributed by atoms with Crippen molar-refractivity contribution in [1.82, 2.24) is 24.4 Å². The van der Waals surface area contributed by atoms with E-state index in [-0.39, 0.29) is 17.5 Å². The Balaban J connectivity index is 1.59. The van der Waals surface area contributed by atoms with E-state index in [4.69, 9.17) is 16.6 Å². The maximum atomic E-state index is 13.9. The summed E-state index contributed by atoms with van der Waals surface area (Å²) >= 11 is 6.47. The number of hydrogen-bond acceptors (Lipinski definition) is 7. The summed E-state index contributed by atoms with van der Waals surface area (Å²) in [6.45, 7) is 3.04. The van der Waals surface area contributed by atoms with Crippen LogP contribution in [0, 0.1) is 6.92 Å². The zero-order valence-electron chi connectivity index (χ0n) is 19.9. The van der Waals surface area contributed by atoms with Crippen LogP contribution in [0.1, 0.15) is 40.6 Å². The van der Waals surface area contributed by atoms with Crippen LogP contribution in [0.5, 0.6) is 0 Å². The first-order valence-electron chi connectivity index (χ1n) is 11.8. The molecule has 4 heterocycles. The lowest BCUT2D eigenvalue weighted by molar-refractivity contribution is 0.0796. The first kappa shape index (κ1) is 22.5. The fourth-order valence-electron chi connectivity index (χ4n) is 5.12. The molecule has 1 unspecified atom stereocenters. The maximum Gasteiger partial charge on any atom is 0.267 e. The minimum Gasteiger partial charge on any atom is -0.352 e. The molecule has 1 saturated heterocycles. The summed E-state index contributed by atoms with van der Waals surface area (Å²) in [5.41, 5.74) is 2.50. The molecule has 1 N–H and O–H groups in total. The van der Waals surface area contributed by atoms with Crippen molar-refractivity contribution in [2.75, 3.05) is 30.5 Å². The van der Waals surface area contributed by atoms with Crippen LogP contribution in [0.3, 0.4) is 0 Å². The quantitative estimate of drug-likeness (QED) is 0.454. The van der Waals surface area contributed by atoms with Crippen molar-refractivity contribution in [2.45, 2.75) is 25.8 Å². The van der Waals surface area contributed by atoms with E-state index in [1.807, 2.05) is 31.2 Å². The standard InChI is InChI=1S/C26H24ClN7O2/c1-15-6-3-7-16(12-15)34-23(31-18-9-4-8-17(27)20(18)26(34)36)19-10-5-11-33(19)24-21-22(28-13-29-24)30-14-32(2)25(21)35/h3-4,6-9,12-13,19H,5,10-11,14H2,1-2H3,(H,28,29,30). The average Bonchev–Trinajstić information content (AvgIpc) is 3.35. The van der Waals surface area contributed by atoms with Crippen LogP contribution >= 0.6 is 11.6 Å². The molecular formula is C26H24ClN7O2. The molecule has 2 aliphatic heterocycles. The van der Waals surface area contributed by atoms with Gasteiger partial charge in [-0.05, 0) is 49.6 Å². The van der Waals surface area contributed by atoms with Gasteiger partial charge in [-0.15, -0.1) is 0 Å². The Bertz CT molecular complexity index is 1580. The molecule has 2 aliphatic rings. The number of carbonyl (C=O) groups excluding carboxylic acids is 1. The van der Waals surface area contributed by atoms with Crippen LogP contribution in [0.4, 0.5) is 11.6 Å². The van der Waals surface area contributed by atoms with Crippen molar-refractivity contribution in [3.63, 3.8) is 0 Å². The Labute approximate surface area is 212 Å². The molecule has 36 heavy (non-hydrogen) atoms. The van der Waals surface area contributed by atoms with Crippen molar-refractivity contribution in [1.29, 1.82) is 0 Å². The first-order chi connectivity index (χ1) is 17.4. The number of nitrogens with zero attached hydrogens (tertiary/aromatic N) is 6. The highest BCUT2D eigenvalue weighted by Gasteiger charge is 2.37. The zero-order valence-corrected chi connectivity index (χ0v) is 20.7. The first-order valence-corrected chi connectivity index (χ1v) is 12.2. The summed E-state index contributed by atoms with van der Waals surface area (Å²) in [6, 6.07) is 12.8. The van der Waals surface area contributed by atoms with E-state index in [0.29, 0.717) is 52.2 Å². The molecule has 2 aromatic carbocycles. The Hall–Kier alpha value is -3.98. The van der Waals surface area contributed by atoms with E-state index in [1.165, 1.54) is 6.33 Å². The summed E-state index contributed by atoms with van der Waals surface area (Å²) in [7, 11) is 1.74. The second-order valence-corrected chi connectivity index (χ2v) is 9.60. The smallest absolute Gasteiger partial charge is 0.267 e. The third kappa shape index (κ3) is 3.50. The summed E-state index contributed by atoms with van der Waals surface area (Å²) < 4.78 is 1.66. The number of aryl methyl sites for hydroxylation is 1. The number of hydrogen-bond donors (Lipinski definition) is 1. The summed E-state index contributed by atoms with van der Waals surface area (Å²) in [4.78, 5) is 44.5. The van der Waals surface area contributed by atoms with E-state index in [0.717, 1.165) is 24.1 Å². The van der Waals surface area contributed by atoms with Gasteiger partial charge >= 0.3 is 0 Å². The van der Waals surface area contributed by atoms with Crippen molar-refractivity contribution in [2.24, 2.45) is 0 Å². The van der Waals surface area contributed by atoms with Crippen LogP contribution in [-0.4, -0.2) is 50.6 Å². The van der Waals surface area contributed by atoms with E-state index in [9.17, 15) is 9.59 Å². The third-order valence-corrected chi connectivity index (χ3v) is 7.14. The van der Waals surface area contributed by atoms with E-state index >= 15 is 0 Å². The molecule has 0 saturated carbocycles. The summed E-state index contributed by atoms with van der Waals surface area (Å²) in [5.74, 6) is 1.51. The van der Waals surface area contributed by atoms with E-state index < -0.39 is 0 Å². The van der Waals surface area contributed by atoms with Gasteiger partial charge in [-0.25, -0.2) is 15.0 Å². The SMILES string of the molecule is Cc1cccc(-n2c(C3CCCN3c3ncnc4c3C(=O)N(C)CN4)nc3cccc(Cl)c3c2=O)c1. The molecule has 2 aromatic heterocycles. The number of aromatic nitrogens is 4. The van der Waals surface area contributed by atoms with Crippen LogP contribution < -0.4 is 15.8 Å². The van der Waals surface area contributed by atoms with Gasteiger partial charge in [-0.2, -0.15) is 0 Å². The highest BCUT2D eigenvalue weighted by Crippen LogP contribution is 2.39. The van der Waals surface area contributed by atoms with E-state index in [2.05, 4.69) is 20.2 Å². The normalized spacial score (nSPS) is 17.4. The van der Waals surface area contributed by atoms with Gasteiger partial charge < -0.3 is 15.1 Å². The minimum absolute atomic E-state index is 0.140. The van der Waals surface area contributed by atoms with Gasteiger partial charge in [-0.3, -0.25) is 14.2 Å². The largest absolute Gasteiger partial charge is 0.352 e. The number of rotatable bonds is 3. The van der Waals surface area contributed by atoms with Gasteiger partial charge in [0.2, 0.25) is 0 Å². The van der Waals surface area contributed by atoms with Gasteiger partial charge in [-0.1, -0.05) is 29.8 Å². The van der Waals surface area contributed by atoms with Gasteiger partial charge in [0.05, 0.1) is 34.3 Å². The minimum atomic E-state index is -0.277. The Morgan fingerprint density at radius 2 is 1.94 bits per heavy atom. The van der Waals surface area contributed by atoms with Crippen molar-refractivity contribution >= 4 is 40.0 Å². The van der Waals surface area contributed by atoms with Gasteiger partial charge in [0.25, 0.3) is 11.5 Å². The van der Waals surface area contributed by atoms with Crippen LogP contribution in [0.15, 0.2) is 53.6 Å². The molecule has 6 rings (SSSR count). The third-order valence-electron chi connectivity index (χ3n) is 6.83. The van der Waals surface area contributed by atoms with Gasteiger partial charge in [0.1, 0.15) is 29.4 Å². The molecule has 1 fully saturated rings. The summed E-state index contributed by atoms with van der Waals surface area (Å²) in [6.07, 6.45) is 3.08. The van der Waals surface area contributed by atoms with Crippen molar-refractivity contribution in [3.05, 3.63) is 81.1 Å². The number of carbonyl (C=O) groups is 1. The molecule has 1 amide bonds. The average molecular weight is 502 g/mol. The van der Waals surface area contributed by atoms with Crippen LogP contribution in [0.2, 0.25) is 5.02 Å². The number of halogens is 1. The zero-order chi connectivity index (χ0) is 25.0. The lowest BCUT2D eigenvalue weighted by Gasteiger charge is -2.32. The monoisotopic (exact) mass is 501 g/mol. The summed E-state index contributed by atoms with van der Waals surface area (Å²) in [5, 5.41) is 3.94. The number of nitrogens with one attached hydrogen (secondary N) is 1. The fraction of sp³-hybridized carbons (Fsp3) is 0.269. The van der Waals surface area contributed by atoms with Crippen molar-refractivity contribution < 1.29 is 4.79 Å². The molecule has 0 spiro atoms. The highest BCUT2D eigenvalue weighted by molar-refractivity contribution is 6.35. The molecule has 0 bridgehead atoms. The molecule has 0 aliphatic carbocycles. The van der Waals surface area contributed by atoms with Gasteiger partial charge in [0, 0.05) is 13.6 Å². The second kappa shape index (κ2) is 8.60. The molecule has 10 heteroatoms. The molecule has 9 nitrogen and oxygen atoms in total. The molecule has 4 aromatic rings. The second-order valence-electron chi connectivity index (χ2n) is 9.19. The lowest BCUT2D eigenvalue weighted by Crippen LogP contribution is -2.40. The topological polar surface area (TPSA) is 96.2 Å². The van der Waals surface area contributed by atoms with Gasteiger partial charge in [0.15, 0.2) is 0 Å². The number of benzene rings is 2. The Morgan fingerprint density at radius 3 is 2.78 bits per heavy atom. The van der Waals surface area contributed by atoms with E-state index in [1.54, 1.807) is 34.7 Å². The fourth-order valence-corrected chi connectivity index (χ4v) is 5.37. The van der Waals surface area contributed by atoms with Crippen LogP contribution in [0.25, 0.3) is 16.6 Å². The van der Waals surface area contributed by atoms with Crippen LogP contribution in [-0.2, 0) is 0 Å². The number of fused-ring (bicyclic) bond motifs is 2. The molecule has 182 valence electrons.